The zero-order valence-electron chi connectivity index (χ0n) is 13.1. The van der Waals surface area contributed by atoms with Crippen LogP contribution < -0.4 is 0 Å². The lowest BCUT2D eigenvalue weighted by Gasteiger charge is -2.34. The van der Waals surface area contributed by atoms with Gasteiger partial charge in [0.05, 0.1) is 18.2 Å². The van der Waals surface area contributed by atoms with Gasteiger partial charge in [0.2, 0.25) is 5.78 Å². The fraction of sp³-hybridized carbons (Fsp3) is 0.389. The lowest BCUT2D eigenvalue weighted by Crippen LogP contribution is -2.39. The normalized spacial score (nSPS) is 18.5. The molecule has 0 aromatic heterocycles. The first kappa shape index (κ1) is 15.5. The van der Waals surface area contributed by atoms with E-state index in [0.717, 1.165) is 0 Å². The Morgan fingerprint density at radius 2 is 1.83 bits per heavy atom. The maximum absolute atomic E-state index is 12.6. The number of likely N-dealkylation sites (tertiary alicyclic amines) is 1. The maximum atomic E-state index is 12.6. The van der Waals surface area contributed by atoms with Crippen molar-refractivity contribution in [1.29, 1.82) is 0 Å². The number of allylic oxidation sites excluding steroid dienone is 2. The third-order valence-electron chi connectivity index (χ3n) is 4.39. The van der Waals surface area contributed by atoms with Crippen LogP contribution in [0.25, 0.3) is 0 Å². The number of hydrogen-bond acceptors (Lipinski definition) is 5. The molecule has 0 N–H and O–H groups in total. The number of esters is 1. The Kier molecular flexibility index (Phi) is 4.28. The predicted octanol–water partition coefficient (Wildman–Crippen LogP) is 2.22. The van der Waals surface area contributed by atoms with Crippen molar-refractivity contribution in [1.82, 2.24) is 4.90 Å². The summed E-state index contributed by atoms with van der Waals surface area (Å²) in [5.41, 5.74) is 1.36. The van der Waals surface area contributed by atoms with Crippen LogP contribution in [0.5, 0.6) is 0 Å². The molecule has 0 radical (unpaired) electrons. The van der Waals surface area contributed by atoms with Crippen molar-refractivity contribution >= 4 is 17.5 Å². The number of ether oxygens (including phenoxy) is 1. The number of carbonyl (C=O) groups excluding carboxylic acids is 3. The number of ketones is 2. The zero-order valence-corrected chi connectivity index (χ0v) is 13.1. The summed E-state index contributed by atoms with van der Waals surface area (Å²) in [6.45, 7) is 3.34. The number of Topliss-reactive ketones (excluding diaryl/α,β-unsaturated/α-hetero) is 1. The highest BCUT2D eigenvalue weighted by molar-refractivity contribution is 6.24. The van der Waals surface area contributed by atoms with Crippen molar-refractivity contribution in [2.24, 2.45) is 5.92 Å². The Labute approximate surface area is 134 Å². The van der Waals surface area contributed by atoms with Crippen LogP contribution in [0.1, 0.15) is 40.5 Å². The fourth-order valence-corrected chi connectivity index (χ4v) is 3.15. The summed E-state index contributed by atoms with van der Waals surface area (Å²) in [7, 11) is 0. The Morgan fingerprint density at radius 1 is 1.17 bits per heavy atom. The number of hydrogen-bond donors (Lipinski definition) is 0. The van der Waals surface area contributed by atoms with Gasteiger partial charge in [0.1, 0.15) is 0 Å². The molecule has 1 saturated heterocycles. The first-order valence-corrected chi connectivity index (χ1v) is 7.93. The Bertz CT molecular complexity index is 684. The summed E-state index contributed by atoms with van der Waals surface area (Å²) in [6.07, 6.45) is 2.70. The molecule has 1 aromatic rings. The number of piperidine rings is 1. The number of fused-ring (bicyclic) bond motifs is 1. The molecule has 1 aliphatic carbocycles. The predicted molar refractivity (Wildman–Crippen MR) is 84.1 cm³/mol. The molecule has 1 heterocycles. The average molecular weight is 313 g/mol. The molecular formula is C18H19NO4. The van der Waals surface area contributed by atoms with Crippen LogP contribution in [0, 0.1) is 5.92 Å². The molecule has 0 saturated carbocycles. The van der Waals surface area contributed by atoms with E-state index in [1.54, 1.807) is 31.2 Å². The molecule has 0 atom stereocenters. The molecule has 0 bridgehead atoms. The minimum absolute atomic E-state index is 0.116. The van der Waals surface area contributed by atoms with E-state index in [4.69, 9.17) is 4.74 Å². The van der Waals surface area contributed by atoms with Crippen LogP contribution in [0.15, 0.2) is 36.0 Å². The number of carbonyl (C=O) groups is 3. The van der Waals surface area contributed by atoms with Crippen molar-refractivity contribution in [3.05, 3.63) is 47.2 Å². The minimum Gasteiger partial charge on any atom is -0.466 e. The van der Waals surface area contributed by atoms with Gasteiger partial charge in [0.15, 0.2) is 5.78 Å². The van der Waals surface area contributed by atoms with Gasteiger partial charge in [0.25, 0.3) is 0 Å². The molecule has 5 nitrogen and oxygen atoms in total. The lowest BCUT2D eigenvalue weighted by atomic mass is 9.90. The molecule has 120 valence electrons. The summed E-state index contributed by atoms with van der Waals surface area (Å²) in [4.78, 5) is 38.5. The molecule has 3 rings (SSSR count). The van der Waals surface area contributed by atoms with Gasteiger partial charge in [0, 0.05) is 30.3 Å². The monoisotopic (exact) mass is 313 g/mol. The van der Waals surface area contributed by atoms with Gasteiger partial charge in [-0.1, -0.05) is 24.3 Å². The van der Waals surface area contributed by atoms with Gasteiger partial charge >= 0.3 is 5.97 Å². The van der Waals surface area contributed by atoms with Crippen molar-refractivity contribution in [2.75, 3.05) is 19.7 Å². The Hall–Kier alpha value is -2.43. The molecule has 0 unspecified atom stereocenters. The van der Waals surface area contributed by atoms with E-state index in [1.165, 1.54) is 6.08 Å². The van der Waals surface area contributed by atoms with E-state index < -0.39 is 0 Å². The van der Waals surface area contributed by atoms with E-state index in [9.17, 15) is 14.4 Å². The molecular weight excluding hydrogens is 294 g/mol. The Morgan fingerprint density at radius 3 is 2.48 bits per heavy atom. The second kappa shape index (κ2) is 6.36. The second-order valence-corrected chi connectivity index (χ2v) is 5.78. The van der Waals surface area contributed by atoms with Crippen molar-refractivity contribution in [3.63, 3.8) is 0 Å². The smallest absolute Gasteiger partial charge is 0.309 e. The van der Waals surface area contributed by atoms with E-state index in [-0.39, 0.29) is 23.5 Å². The van der Waals surface area contributed by atoms with Crippen LogP contribution in [-0.4, -0.2) is 42.1 Å². The highest BCUT2D eigenvalue weighted by Gasteiger charge is 2.32. The van der Waals surface area contributed by atoms with Gasteiger partial charge < -0.3 is 9.64 Å². The molecule has 1 aromatic carbocycles. The molecule has 1 fully saturated rings. The Balaban J connectivity index is 1.73. The van der Waals surface area contributed by atoms with Gasteiger partial charge in [-0.25, -0.2) is 0 Å². The third kappa shape index (κ3) is 2.91. The molecule has 1 aliphatic heterocycles. The molecule has 2 aliphatic rings. The molecule has 23 heavy (non-hydrogen) atoms. The SMILES string of the molecule is CCOC(=O)C1CCN(C2=CC(=O)c3ccccc3C2=O)CC1. The third-order valence-corrected chi connectivity index (χ3v) is 4.39. The van der Waals surface area contributed by atoms with Crippen molar-refractivity contribution in [2.45, 2.75) is 19.8 Å². The second-order valence-electron chi connectivity index (χ2n) is 5.78. The topological polar surface area (TPSA) is 63.7 Å². The molecule has 0 spiro atoms. The maximum Gasteiger partial charge on any atom is 0.309 e. The number of nitrogens with zero attached hydrogens (tertiary/aromatic N) is 1. The lowest BCUT2D eigenvalue weighted by molar-refractivity contribution is -0.149. The standard InChI is InChI=1S/C18H19NO4/c1-2-23-18(22)12-7-9-19(10-8-12)15-11-16(20)13-5-3-4-6-14(13)17(15)21/h3-6,11-12H,2,7-10H2,1H3. The van der Waals surface area contributed by atoms with Crippen molar-refractivity contribution < 1.29 is 19.1 Å². The van der Waals surface area contributed by atoms with Crippen LogP contribution in [0.4, 0.5) is 0 Å². The van der Waals surface area contributed by atoms with Gasteiger partial charge in [-0.05, 0) is 19.8 Å². The summed E-state index contributed by atoms with van der Waals surface area (Å²) in [5, 5.41) is 0. The van der Waals surface area contributed by atoms with Crippen LogP contribution in [0.2, 0.25) is 0 Å². The summed E-state index contributed by atoms with van der Waals surface area (Å²) in [6, 6.07) is 6.89. The van der Waals surface area contributed by atoms with Crippen molar-refractivity contribution in [3.8, 4) is 0 Å². The van der Waals surface area contributed by atoms with Gasteiger partial charge in [-0.3, -0.25) is 14.4 Å². The fourth-order valence-electron chi connectivity index (χ4n) is 3.15. The number of rotatable bonds is 3. The first-order valence-electron chi connectivity index (χ1n) is 7.93. The quantitative estimate of drug-likeness (QED) is 0.801. The largest absolute Gasteiger partial charge is 0.466 e. The summed E-state index contributed by atoms with van der Waals surface area (Å²) >= 11 is 0. The number of benzene rings is 1. The summed E-state index contributed by atoms with van der Waals surface area (Å²) < 4.78 is 5.05. The van der Waals surface area contributed by atoms with E-state index >= 15 is 0 Å². The van der Waals surface area contributed by atoms with Crippen LogP contribution >= 0.6 is 0 Å². The first-order chi connectivity index (χ1) is 11.1. The highest BCUT2D eigenvalue weighted by Crippen LogP contribution is 2.27. The van der Waals surface area contributed by atoms with E-state index in [1.807, 2.05) is 4.90 Å². The van der Waals surface area contributed by atoms with E-state index in [0.29, 0.717) is 49.4 Å². The minimum atomic E-state index is -0.169. The van der Waals surface area contributed by atoms with Gasteiger partial charge in [-0.15, -0.1) is 0 Å². The van der Waals surface area contributed by atoms with E-state index in [2.05, 4.69) is 0 Å². The average Bonchev–Trinajstić information content (AvgIpc) is 2.58. The molecule has 5 heteroatoms. The summed E-state index contributed by atoms with van der Waals surface area (Å²) in [5.74, 6) is -0.538. The molecule has 0 amide bonds. The zero-order chi connectivity index (χ0) is 16.4. The van der Waals surface area contributed by atoms with Crippen LogP contribution in [-0.2, 0) is 9.53 Å². The highest BCUT2D eigenvalue weighted by atomic mass is 16.5. The van der Waals surface area contributed by atoms with Gasteiger partial charge in [-0.2, -0.15) is 0 Å². The van der Waals surface area contributed by atoms with Crippen LogP contribution in [0.3, 0.4) is 0 Å².